The molecule has 0 spiro atoms. The van der Waals surface area contributed by atoms with Gasteiger partial charge >= 0.3 is 17.9 Å². The predicted molar refractivity (Wildman–Crippen MR) is 327 cm³/mol. The van der Waals surface area contributed by atoms with Crippen molar-refractivity contribution in [1.82, 2.24) is 0 Å². The predicted octanol–water partition coefficient (Wildman–Crippen LogP) is 20.0. The second-order valence-electron chi connectivity index (χ2n) is 23.8. The van der Waals surface area contributed by atoms with Crippen LogP contribution in [0.2, 0.25) is 0 Å². The Morgan fingerprint density at radius 3 is 1.08 bits per heavy atom. The number of esters is 2. The average molecular weight is 1090 g/mol. The molecule has 0 aliphatic carbocycles. The molecule has 0 aromatic heterocycles. The third kappa shape index (κ3) is 61.0. The highest BCUT2D eigenvalue weighted by atomic mass is 16.7. The second-order valence-corrected chi connectivity index (χ2v) is 23.8. The molecule has 0 heterocycles. The third-order valence-corrected chi connectivity index (χ3v) is 14.9. The van der Waals surface area contributed by atoms with Gasteiger partial charge < -0.3 is 28.5 Å². The molecule has 77 heavy (non-hydrogen) atoms. The first-order chi connectivity index (χ1) is 37.6. The van der Waals surface area contributed by atoms with Crippen molar-refractivity contribution in [3.8, 4) is 0 Å². The molecule has 9 nitrogen and oxygen atoms in total. The van der Waals surface area contributed by atoms with Crippen molar-refractivity contribution in [2.75, 3.05) is 47.5 Å². The van der Waals surface area contributed by atoms with Crippen molar-refractivity contribution >= 4 is 17.9 Å². The molecule has 9 heteroatoms. The standard InChI is InChI=1S/C68H127NO8/c1-6-8-10-12-14-16-18-19-20-21-22-23-24-25-26-27-28-29-30-31-32-33-34-35-36-37-38-39-40-41-42-43-44-45-46-47-49-51-53-55-57-59-66(71)77-64(63-76-68(67(72)73)74-61-60-69(3,4)5)62-75-65(70)58-56-54-52-50-48-17-15-13-11-9-7-2/h13,15,18-19,21-22,64,68H,6-12,14,16-17,20,23-63H2,1-5H3/p+1/b15-13-,19-18-,22-21-. The van der Waals surface area contributed by atoms with E-state index in [-0.39, 0.29) is 32.2 Å². The first-order valence-electron chi connectivity index (χ1n) is 33.2. The largest absolute Gasteiger partial charge is 0.477 e. The Kier molecular flexibility index (Phi) is 57.7. The molecule has 0 saturated carbocycles. The lowest BCUT2D eigenvalue weighted by Gasteiger charge is -2.25. The first-order valence-corrected chi connectivity index (χ1v) is 33.2. The van der Waals surface area contributed by atoms with Gasteiger partial charge in [0.15, 0.2) is 6.10 Å². The highest BCUT2D eigenvalue weighted by Crippen LogP contribution is 2.18. The number of allylic oxidation sites excluding steroid dienone is 6. The summed E-state index contributed by atoms with van der Waals surface area (Å²) in [5.74, 6) is -2.00. The van der Waals surface area contributed by atoms with Crippen molar-refractivity contribution < 1.29 is 42.9 Å². The van der Waals surface area contributed by atoms with Gasteiger partial charge in [-0.15, -0.1) is 0 Å². The maximum atomic E-state index is 12.9. The fourth-order valence-corrected chi connectivity index (χ4v) is 9.73. The normalized spacial score (nSPS) is 12.9. The number of aliphatic carboxylic acids is 1. The number of carbonyl (C=O) groups is 3. The minimum absolute atomic E-state index is 0.182. The summed E-state index contributed by atoms with van der Waals surface area (Å²) in [6.07, 6.45) is 71.5. The van der Waals surface area contributed by atoms with E-state index in [2.05, 4.69) is 50.3 Å². The van der Waals surface area contributed by atoms with Gasteiger partial charge in [-0.25, -0.2) is 4.79 Å². The number of hydrogen-bond donors (Lipinski definition) is 1. The summed E-state index contributed by atoms with van der Waals surface area (Å²) in [6.45, 7) is 4.85. The molecule has 0 aromatic rings. The molecule has 0 saturated heterocycles. The summed E-state index contributed by atoms with van der Waals surface area (Å²) in [6, 6.07) is 0. The molecule has 1 N–H and O–H groups in total. The number of quaternary nitrogens is 1. The molecular weight excluding hydrogens is 959 g/mol. The molecule has 0 aromatic carbocycles. The fourth-order valence-electron chi connectivity index (χ4n) is 9.73. The van der Waals surface area contributed by atoms with Gasteiger partial charge in [0, 0.05) is 12.8 Å². The molecule has 452 valence electrons. The van der Waals surface area contributed by atoms with E-state index in [0.717, 1.165) is 70.6 Å². The number of hydrogen-bond acceptors (Lipinski definition) is 7. The number of unbranched alkanes of at least 4 members (excludes halogenated alkanes) is 41. The Balaban J connectivity index is 3.84. The molecule has 2 unspecified atom stereocenters. The second kappa shape index (κ2) is 59.6. The number of carboxylic acid groups (broad SMARTS) is 1. The lowest BCUT2D eigenvalue weighted by atomic mass is 10.0. The molecular formula is C68H128NO8+. The van der Waals surface area contributed by atoms with E-state index in [9.17, 15) is 19.5 Å². The zero-order valence-corrected chi connectivity index (χ0v) is 51.6. The summed E-state index contributed by atoms with van der Waals surface area (Å²) in [4.78, 5) is 37.3. The Morgan fingerprint density at radius 2 is 0.714 bits per heavy atom. The van der Waals surface area contributed by atoms with Crippen LogP contribution in [0.25, 0.3) is 0 Å². The van der Waals surface area contributed by atoms with Crippen molar-refractivity contribution in [2.45, 2.75) is 334 Å². The molecule has 0 aliphatic rings. The van der Waals surface area contributed by atoms with Crippen molar-refractivity contribution in [3.05, 3.63) is 36.5 Å². The topological polar surface area (TPSA) is 108 Å². The van der Waals surface area contributed by atoms with Crippen LogP contribution >= 0.6 is 0 Å². The van der Waals surface area contributed by atoms with Gasteiger partial charge in [-0.1, -0.05) is 281 Å². The van der Waals surface area contributed by atoms with E-state index in [0.29, 0.717) is 17.4 Å². The van der Waals surface area contributed by atoms with Crippen LogP contribution in [-0.4, -0.2) is 87.4 Å². The molecule has 2 atom stereocenters. The van der Waals surface area contributed by atoms with Gasteiger partial charge in [-0.3, -0.25) is 9.59 Å². The van der Waals surface area contributed by atoms with Crippen LogP contribution in [0, 0.1) is 0 Å². The van der Waals surface area contributed by atoms with Crippen LogP contribution in [-0.2, 0) is 33.3 Å². The molecule has 0 radical (unpaired) electrons. The van der Waals surface area contributed by atoms with Crippen molar-refractivity contribution in [1.29, 1.82) is 0 Å². The minimum atomic E-state index is -1.51. The highest BCUT2D eigenvalue weighted by Gasteiger charge is 2.25. The smallest absolute Gasteiger partial charge is 0.361 e. The number of likely N-dealkylation sites (N-methyl/N-ethyl adjacent to an activating group) is 1. The van der Waals surface area contributed by atoms with E-state index in [1.807, 2.05) is 21.1 Å². The quantitative estimate of drug-likeness (QED) is 0.0211. The lowest BCUT2D eigenvalue weighted by Crippen LogP contribution is -2.40. The molecule has 0 bridgehead atoms. The van der Waals surface area contributed by atoms with Crippen LogP contribution in [0.15, 0.2) is 36.5 Å². The Bertz CT molecular complexity index is 1360. The van der Waals surface area contributed by atoms with Crippen LogP contribution in [0.1, 0.15) is 322 Å². The van der Waals surface area contributed by atoms with E-state index in [1.54, 1.807) is 0 Å². The third-order valence-electron chi connectivity index (χ3n) is 14.9. The number of ether oxygens (including phenoxy) is 4. The Hall–Kier alpha value is -2.49. The van der Waals surface area contributed by atoms with Crippen LogP contribution < -0.4 is 0 Å². The molecule has 0 aliphatic heterocycles. The summed E-state index contributed by atoms with van der Waals surface area (Å²) < 4.78 is 22.8. The maximum absolute atomic E-state index is 12.9. The number of nitrogens with zero attached hydrogens (tertiary/aromatic N) is 1. The SMILES string of the molecule is CCCC/C=C\CCCCCCCC(=O)OCC(COC(OCC[N+](C)(C)C)C(=O)O)OC(=O)CCCCCCCCCCCCCCCCCCCCCCCCCCCCCCC/C=C\C/C=C\CCCCCCC. The Morgan fingerprint density at radius 1 is 0.390 bits per heavy atom. The number of carboxylic acids is 1. The zero-order valence-electron chi connectivity index (χ0n) is 51.6. The average Bonchev–Trinajstić information content (AvgIpc) is 3.40. The van der Waals surface area contributed by atoms with Crippen molar-refractivity contribution in [2.24, 2.45) is 0 Å². The molecule has 0 amide bonds. The van der Waals surface area contributed by atoms with Gasteiger partial charge in [0.05, 0.1) is 34.4 Å². The van der Waals surface area contributed by atoms with Gasteiger partial charge in [0.2, 0.25) is 0 Å². The van der Waals surface area contributed by atoms with Crippen molar-refractivity contribution in [3.63, 3.8) is 0 Å². The van der Waals surface area contributed by atoms with Crippen LogP contribution in [0.4, 0.5) is 0 Å². The van der Waals surface area contributed by atoms with Gasteiger partial charge in [0.25, 0.3) is 6.29 Å². The Labute approximate surface area is 477 Å². The van der Waals surface area contributed by atoms with Gasteiger partial charge in [0.1, 0.15) is 13.2 Å². The van der Waals surface area contributed by atoms with Gasteiger partial charge in [-0.2, -0.15) is 0 Å². The van der Waals surface area contributed by atoms with Crippen LogP contribution in [0.5, 0.6) is 0 Å². The van der Waals surface area contributed by atoms with Gasteiger partial charge in [-0.05, 0) is 64.2 Å². The molecule has 0 rings (SSSR count). The van der Waals surface area contributed by atoms with E-state index >= 15 is 0 Å². The van der Waals surface area contributed by atoms with E-state index < -0.39 is 24.3 Å². The summed E-state index contributed by atoms with van der Waals surface area (Å²) >= 11 is 0. The van der Waals surface area contributed by atoms with Crippen LogP contribution in [0.3, 0.4) is 0 Å². The monoisotopic (exact) mass is 1090 g/mol. The number of carbonyl (C=O) groups excluding carboxylic acids is 2. The maximum Gasteiger partial charge on any atom is 0.361 e. The van der Waals surface area contributed by atoms with E-state index in [4.69, 9.17) is 18.9 Å². The minimum Gasteiger partial charge on any atom is -0.477 e. The summed E-state index contributed by atoms with van der Waals surface area (Å²) in [7, 11) is 5.97. The van der Waals surface area contributed by atoms with E-state index in [1.165, 1.54) is 225 Å². The fraction of sp³-hybridized carbons (Fsp3) is 0.868. The highest BCUT2D eigenvalue weighted by molar-refractivity contribution is 5.71. The molecule has 0 fully saturated rings. The summed E-state index contributed by atoms with van der Waals surface area (Å²) in [5, 5.41) is 9.69. The zero-order chi connectivity index (χ0) is 56.2. The lowest BCUT2D eigenvalue weighted by molar-refractivity contribution is -0.870. The first kappa shape index (κ1) is 74.5. The summed E-state index contributed by atoms with van der Waals surface area (Å²) in [5.41, 5.74) is 0. The number of rotatable bonds is 62.